The van der Waals surface area contributed by atoms with E-state index < -0.39 is 0 Å². The van der Waals surface area contributed by atoms with Gasteiger partial charge in [-0.25, -0.2) is 4.79 Å². The molecule has 1 fully saturated rings. The molecule has 0 radical (unpaired) electrons. The van der Waals surface area contributed by atoms with Crippen LogP contribution in [0.4, 0.5) is 4.79 Å². The largest absolute Gasteiger partial charge is 0.338 e. The predicted octanol–water partition coefficient (Wildman–Crippen LogP) is 2.23. The zero-order valence-electron chi connectivity index (χ0n) is 9.38. The van der Waals surface area contributed by atoms with Crippen molar-refractivity contribution in [2.24, 2.45) is 5.92 Å². The molecule has 0 heterocycles. The first-order valence-corrected chi connectivity index (χ1v) is 5.80. The Labute approximate surface area is 86.9 Å². The van der Waals surface area contributed by atoms with E-state index in [1.54, 1.807) is 0 Å². The topological polar surface area (TPSA) is 32.3 Å². The van der Waals surface area contributed by atoms with Crippen molar-refractivity contribution in [3.63, 3.8) is 0 Å². The Balaban J connectivity index is 2.00. The molecule has 0 unspecified atom stereocenters. The van der Waals surface area contributed by atoms with Gasteiger partial charge in [0.1, 0.15) is 0 Å². The summed E-state index contributed by atoms with van der Waals surface area (Å²) in [6.07, 6.45) is 5.24. The van der Waals surface area contributed by atoms with Crippen molar-refractivity contribution in [2.45, 2.75) is 39.5 Å². The van der Waals surface area contributed by atoms with E-state index >= 15 is 0 Å². The lowest BCUT2D eigenvalue weighted by molar-refractivity contribution is 0.203. The molecule has 0 atom stereocenters. The Morgan fingerprint density at radius 2 is 2.00 bits per heavy atom. The minimum atomic E-state index is 0.0887. The van der Waals surface area contributed by atoms with Crippen LogP contribution in [0.15, 0.2) is 0 Å². The van der Waals surface area contributed by atoms with Crippen molar-refractivity contribution >= 4 is 6.03 Å². The van der Waals surface area contributed by atoms with E-state index in [2.05, 4.69) is 5.32 Å². The van der Waals surface area contributed by atoms with Crippen LogP contribution in [0, 0.1) is 5.92 Å². The second-order valence-electron chi connectivity index (χ2n) is 3.99. The van der Waals surface area contributed by atoms with Gasteiger partial charge < -0.3 is 10.2 Å². The average Bonchev–Trinajstić information content (AvgIpc) is 2.98. The third-order valence-corrected chi connectivity index (χ3v) is 2.81. The highest BCUT2D eigenvalue weighted by Gasteiger charge is 2.20. The van der Waals surface area contributed by atoms with Gasteiger partial charge in [-0.3, -0.25) is 0 Å². The number of amides is 2. The first-order chi connectivity index (χ1) is 6.77. The lowest BCUT2D eigenvalue weighted by Crippen LogP contribution is -2.40. The molecule has 1 aliphatic rings. The quantitative estimate of drug-likeness (QED) is 0.652. The van der Waals surface area contributed by atoms with Gasteiger partial charge in [0.25, 0.3) is 0 Å². The minimum absolute atomic E-state index is 0.0887. The van der Waals surface area contributed by atoms with Gasteiger partial charge in [0.05, 0.1) is 0 Å². The van der Waals surface area contributed by atoms with Gasteiger partial charge in [0.2, 0.25) is 0 Å². The molecule has 1 rings (SSSR count). The first kappa shape index (κ1) is 11.3. The van der Waals surface area contributed by atoms with Crippen LogP contribution in [0.3, 0.4) is 0 Å². The lowest BCUT2D eigenvalue weighted by atomic mass is 10.2. The number of carbonyl (C=O) groups is 1. The van der Waals surface area contributed by atoms with Crippen molar-refractivity contribution in [3.8, 4) is 0 Å². The Morgan fingerprint density at radius 3 is 2.50 bits per heavy atom. The summed E-state index contributed by atoms with van der Waals surface area (Å²) in [5, 5.41) is 2.95. The summed E-state index contributed by atoms with van der Waals surface area (Å²) >= 11 is 0. The third-order valence-electron chi connectivity index (χ3n) is 2.81. The molecular weight excluding hydrogens is 176 g/mol. The Kier molecular flexibility index (Phi) is 4.77. The fourth-order valence-corrected chi connectivity index (χ4v) is 1.62. The van der Waals surface area contributed by atoms with Crippen molar-refractivity contribution in [3.05, 3.63) is 0 Å². The van der Waals surface area contributed by atoms with Crippen molar-refractivity contribution in [1.29, 1.82) is 0 Å². The highest BCUT2D eigenvalue weighted by Crippen LogP contribution is 2.33. The molecule has 0 bridgehead atoms. The summed E-state index contributed by atoms with van der Waals surface area (Å²) in [6, 6.07) is 0.0887. The van der Waals surface area contributed by atoms with Crippen LogP contribution >= 0.6 is 0 Å². The van der Waals surface area contributed by atoms with Crippen LogP contribution < -0.4 is 5.32 Å². The number of urea groups is 1. The van der Waals surface area contributed by atoms with Gasteiger partial charge in [0.15, 0.2) is 0 Å². The molecule has 0 saturated heterocycles. The molecule has 82 valence electrons. The summed E-state index contributed by atoms with van der Waals surface area (Å²) in [4.78, 5) is 13.3. The molecule has 14 heavy (non-hydrogen) atoms. The summed E-state index contributed by atoms with van der Waals surface area (Å²) in [5.41, 5.74) is 0. The standard InChI is InChI=1S/C11H22N2O/c1-3-13(4-2)11(14)12-9-5-6-10-7-8-10/h10H,3-9H2,1-2H3,(H,12,14). The number of nitrogens with zero attached hydrogens (tertiary/aromatic N) is 1. The molecule has 1 aliphatic carbocycles. The van der Waals surface area contributed by atoms with Gasteiger partial charge in [-0.15, -0.1) is 0 Å². The molecule has 0 spiro atoms. The molecule has 1 saturated carbocycles. The SMILES string of the molecule is CCN(CC)C(=O)NCCCC1CC1. The molecule has 0 aromatic carbocycles. The maximum Gasteiger partial charge on any atom is 0.317 e. The number of nitrogens with one attached hydrogen (secondary N) is 1. The first-order valence-electron chi connectivity index (χ1n) is 5.80. The second-order valence-corrected chi connectivity index (χ2v) is 3.99. The second kappa shape index (κ2) is 5.89. The molecule has 1 N–H and O–H groups in total. The predicted molar refractivity (Wildman–Crippen MR) is 58.3 cm³/mol. The Hall–Kier alpha value is -0.730. The van der Waals surface area contributed by atoms with Gasteiger partial charge in [-0.1, -0.05) is 12.8 Å². The van der Waals surface area contributed by atoms with Crippen LogP contribution in [0.2, 0.25) is 0 Å². The van der Waals surface area contributed by atoms with E-state index in [1.807, 2.05) is 18.7 Å². The number of hydrogen-bond donors (Lipinski definition) is 1. The molecule has 0 aromatic heterocycles. The smallest absolute Gasteiger partial charge is 0.317 e. The van der Waals surface area contributed by atoms with Gasteiger partial charge in [0, 0.05) is 19.6 Å². The van der Waals surface area contributed by atoms with E-state index in [-0.39, 0.29) is 6.03 Å². The van der Waals surface area contributed by atoms with Gasteiger partial charge in [-0.05, 0) is 32.6 Å². The molecule has 0 aromatic rings. The highest BCUT2D eigenvalue weighted by atomic mass is 16.2. The zero-order chi connectivity index (χ0) is 10.4. The minimum Gasteiger partial charge on any atom is -0.338 e. The Morgan fingerprint density at radius 1 is 1.36 bits per heavy atom. The highest BCUT2D eigenvalue weighted by molar-refractivity contribution is 5.73. The maximum atomic E-state index is 11.5. The molecule has 3 heteroatoms. The van der Waals surface area contributed by atoms with Crippen LogP contribution in [-0.2, 0) is 0 Å². The molecule has 3 nitrogen and oxygen atoms in total. The summed E-state index contributed by atoms with van der Waals surface area (Å²) in [5.74, 6) is 0.973. The lowest BCUT2D eigenvalue weighted by Gasteiger charge is -2.19. The van der Waals surface area contributed by atoms with Crippen LogP contribution in [0.25, 0.3) is 0 Å². The maximum absolute atomic E-state index is 11.5. The number of hydrogen-bond acceptors (Lipinski definition) is 1. The van der Waals surface area contributed by atoms with Crippen molar-refractivity contribution in [1.82, 2.24) is 10.2 Å². The summed E-state index contributed by atoms with van der Waals surface area (Å²) in [6.45, 7) is 6.45. The summed E-state index contributed by atoms with van der Waals surface area (Å²) < 4.78 is 0. The zero-order valence-corrected chi connectivity index (χ0v) is 9.38. The fraction of sp³-hybridized carbons (Fsp3) is 0.909. The number of carbonyl (C=O) groups excluding carboxylic acids is 1. The summed E-state index contributed by atoms with van der Waals surface area (Å²) in [7, 11) is 0. The van der Waals surface area contributed by atoms with Crippen LogP contribution in [-0.4, -0.2) is 30.6 Å². The van der Waals surface area contributed by atoms with E-state index in [0.29, 0.717) is 0 Å². The van der Waals surface area contributed by atoms with Gasteiger partial charge in [-0.2, -0.15) is 0 Å². The molecular formula is C11H22N2O. The van der Waals surface area contributed by atoms with Crippen LogP contribution in [0.5, 0.6) is 0 Å². The van der Waals surface area contributed by atoms with E-state index in [0.717, 1.165) is 32.0 Å². The Bertz CT molecular complexity index is 174. The molecule has 0 aliphatic heterocycles. The normalized spacial score (nSPS) is 15.3. The molecule has 2 amide bonds. The van der Waals surface area contributed by atoms with Gasteiger partial charge >= 0.3 is 6.03 Å². The van der Waals surface area contributed by atoms with Crippen molar-refractivity contribution < 1.29 is 4.79 Å². The number of rotatable bonds is 6. The average molecular weight is 198 g/mol. The fourth-order valence-electron chi connectivity index (χ4n) is 1.62. The van der Waals surface area contributed by atoms with Crippen molar-refractivity contribution in [2.75, 3.05) is 19.6 Å². The van der Waals surface area contributed by atoms with E-state index in [9.17, 15) is 4.79 Å². The van der Waals surface area contributed by atoms with Crippen LogP contribution in [0.1, 0.15) is 39.5 Å². The third kappa shape index (κ3) is 3.99. The van der Waals surface area contributed by atoms with E-state index in [4.69, 9.17) is 0 Å². The monoisotopic (exact) mass is 198 g/mol. The van der Waals surface area contributed by atoms with E-state index in [1.165, 1.54) is 19.3 Å².